The zero-order chi connectivity index (χ0) is 11.4. The average molecular weight is 432 g/mol. The maximum absolute atomic E-state index is 5.92. The largest absolute Gasteiger partial charge is 0.378 e. The Morgan fingerprint density at radius 1 is 1.53 bits per heavy atom. The maximum atomic E-state index is 5.92. The van der Waals surface area contributed by atoms with Crippen LogP contribution in [0.3, 0.4) is 0 Å². The third-order valence-corrected chi connectivity index (χ3v) is 4.04. The zero-order valence-electron chi connectivity index (χ0n) is 9.26. The highest BCUT2D eigenvalue weighted by Gasteiger charge is 2.11. The molecule has 2 heterocycles. The molecule has 0 amide bonds. The summed E-state index contributed by atoms with van der Waals surface area (Å²) >= 11 is 5.10. The van der Waals surface area contributed by atoms with Gasteiger partial charge in [-0.25, -0.2) is 4.99 Å². The van der Waals surface area contributed by atoms with Gasteiger partial charge in [-0.05, 0) is 22.0 Å². The lowest BCUT2D eigenvalue weighted by Gasteiger charge is -2.27. The molecule has 0 aliphatic carbocycles. The van der Waals surface area contributed by atoms with Crippen molar-refractivity contribution in [2.45, 2.75) is 6.54 Å². The van der Waals surface area contributed by atoms with Gasteiger partial charge in [-0.15, -0.1) is 35.3 Å². The van der Waals surface area contributed by atoms with Crippen LogP contribution in [0.15, 0.2) is 20.9 Å². The van der Waals surface area contributed by atoms with Crippen LogP contribution in [-0.2, 0) is 11.3 Å². The second kappa shape index (κ2) is 7.55. The van der Waals surface area contributed by atoms with E-state index in [0.29, 0.717) is 12.5 Å². The molecule has 4 nitrogen and oxygen atoms in total. The number of halogens is 2. The van der Waals surface area contributed by atoms with Gasteiger partial charge in [0.15, 0.2) is 5.96 Å². The third kappa shape index (κ3) is 4.72. The van der Waals surface area contributed by atoms with Gasteiger partial charge in [0.05, 0.1) is 19.8 Å². The molecule has 0 spiro atoms. The Kier molecular flexibility index (Phi) is 6.75. The van der Waals surface area contributed by atoms with E-state index in [1.165, 1.54) is 4.88 Å². The molecule has 1 aromatic heterocycles. The molecule has 0 saturated carbocycles. The van der Waals surface area contributed by atoms with Crippen LogP contribution < -0.4 is 5.73 Å². The predicted octanol–water partition coefficient (Wildman–Crippen LogP) is 2.28. The minimum atomic E-state index is 0. The van der Waals surface area contributed by atoms with Crippen molar-refractivity contribution >= 4 is 57.2 Å². The van der Waals surface area contributed by atoms with Gasteiger partial charge in [0.2, 0.25) is 0 Å². The molecular weight excluding hydrogens is 417 g/mol. The van der Waals surface area contributed by atoms with E-state index >= 15 is 0 Å². The lowest BCUT2D eigenvalue weighted by molar-refractivity contribution is 0.0674. The van der Waals surface area contributed by atoms with Gasteiger partial charge in [-0.2, -0.15) is 0 Å². The molecular formula is C10H15BrIN3OS. The van der Waals surface area contributed by atoms with Gasteiger partial charge in [0.25, 0.3) is 0 Å². The smallest absolute Gasteiger partial charge is 0.191 e. The molecule has 1 aromatic rings. The molecule has 17 heavy (non-hydrogen) atoms. The molecule has 0 atom stereocenters. The number of thiophene rings is 1. The summed E-state index contributed by atoms with van der Waals surface area (Å²) in [6.45, 7) is 3.80. The Labute approximate surface area is 130 Å². The lowest BCUT2D eigenvalue weighted by atomic mass is 10.4. The van der Waals surface area contributed by atoms with E-state index in [2.05, 4.69) is 37.3 Å². The van der Waals surface area contributed by atoms with Crippen molar-refractivity contribution in [2.24, 2.45) is 10.7 Å². The summed E-state index contributed by atoms with van der Waals surface area (Å²) in [5.41, 5.74) is 5.92. The Morgan fingerprint density at radius 3 is 2.82 bits per heavy atom. The average Bonchev–Trinajstić information content (AvgIpc) is 2.73. The molecule has 1 saturated heterocycles. The number of morpholine rings is 1. The number of guanidine groups is 1. The molecule has 1 fully saturated rings. The van der Waals surface area contributed by atoms with Gasteiger partial charge in [0.1, 0.15) is 0 Å². The fraction of sp³-hybridized carbons (Fsp3) is 0.500. The molecule has 2 N–H and O–H groups in total. The number of rotatable bonds is 2. The van der Waals surface area contributed by atoms with Crippen LogP contribution in [0.25, 0.3) is 0 Å². The second-order valence-corrected chi connectivity index (χ2v) is 5.42. The summed E-state index contributed by atoms with van der Waals surface area (Å²) in [5, 5.41) is 2.05. The minimum absolute atomic E-state index is 0. The highest BCUT2D eigenvalue weighted by atomic mass is 127. The molecule has 0 radical (unpaired) electrons. The summed E-state index contributed by atoms with van der Waals surface area (Å²) in [6, 6.07) is 2.07. The number of nitrogens with zero attached hydrogens (tertiary/aromatic N) is 2. The molecule has 96 valence electrons. The summed E-state index contributed by atoms with van der Waals surface area (Å²) in [4.78, 5) is 7.66. The van der Waals surface area contributed by atoms with Crippen molar-refractivity contribution in [1.29, 1.82) is 0 Å². The number of aliphatic imine (C=N–C) groups is 1. The van der Waals surface area contributed by atoms with Crippen molar-refractivity contribution < 1.29 is 4.74 Å². The van der Waals surface area contributed by atoms with Crippen molar-refractivity contribution in [3.63, 3.8) is 0 Å². The van der Waals surface area contributed by atoms with E-state index in [9.17, 15) is 0 Å². The van der Waals surface area contributed by atoms with E-state index in [4.69, 9.17) is 10.5 Å². The Hall–Kier alpha value is 0.140. The van der Waals surface area contributed by atoms with Crippen molar-refractivity contribution in [2.75, 3.05) is 26.3 Å². The van der Waals surface area contributed by atoms with E-state index in [0.717, 1.165) is 30.8 Å². The summed E-state index contributed by atoms with van der Waals surface area (Å²) < 4.78 is 6.36. The fourth-order valence-corrected chi connectivity index (χ4v) is 2.86. The molecule has 0 unspecified atom stereocenters. The molecule has 0 aromatic carbocycles. The Balaban J connectivity index is 0.00000144. The molecule has 1 aliphatic rings. The van der Waals surface area contributed by atoms with Gasteiger partial charge in [-0.3, -0.25) is 0 Å². The lowest BCUT2D eigenvalue weighted by Crippen LogP contribution is -2.44. The molecule has 2 rings (SSSR count). The van der Waals surface area contributed by atoms with Crippen LogP contribution in [-0.4, -0.2) is 37.2 Å². The van der Waals surface area contributed by atoms with Crippen LogP contribution >= 0.6 is 51.2 Å². The molecule has 0 bridgehead atoms. The standard InChI is InChI=1S/C10H14BrN3OS.HI/c11-8-5-9(16-7-8)6-13-10(12)14-1-3-15-4-2-14;/h5,7H,1-4,6H2,(H2,12,13);1H. The fourth-order valence-electron chi connectivity index (χ4n) is 1.49. The zero-order valence-corrected chi connectivity index (χ0v) is 14.0. The van der Waals surface area contributed by atoms with E-state index in [1.54, 1.807) is 11.3 Å². The predicted molar refractivity (Wildman–Crippen MR) is 85.2 cm³/mol. The van der Waals surface area contributed by atoms with Crippen LogP contribution in [0.1, 0.15) is 4.88 Å². The monoisotopic (exact) mass is 431 g/mol. The molecule has 7 heteroatoms. The first-order valence-electron chi connectivity index (χ1n) is 5.11. The van der Waals surface area contributed by atoms with Gasteiger partial charge < -0.3 is 15.4 Å². The topological polar surface area (TPSA) is 50.8 Å². The second-order valence-electron chi connectivity index (χ2n) is 3.51. The van der Waals surface area contributed by atoms with Gasteiger partial charge in [-0.1, -0.05) is 0 Å². The van der Waals surface area contributed by atoms with E-state index in [-0.39, 0.29) is 24.0 Å². The summed E-state index contributed by atoms with van der Waals surface area (Å²) in [5.74, 6) is 0.618. The number of hydrogen-bond acceptors (Lipinski definition) is 3. The Morgan fingerprint density at radius 2 is 2.24 bits per heavy atom. The third-order valence-electron chi connectivity index (χ3n) is 2.35. The van der Waals surface area contributed by atoms with Crippen LogP contribution in [0, 0.1) is 0 Å². The quantitative estimate of drug-likeness (QED) is 0.444. The van der Waals surface area contributed by atoms with Crippen LogP contribution in [0.2, 0.25) is 0 Å². The summed E-state index contributed by atoms with van der Waals surface area (Å²) in [7, 11) is 0. The number of hydrogen-bond donors (Lipinski definition) is 1. The minimum Gasteiger partial charge on any atom is -0.378 e. The Bertz CT molecular complexity index is 379. The van der Waals surface area contributed by atoms with Gasteiger partial charge >= 0.3 is 0 Å². The first-order chi connectivity index (χ1) is 7.75. The normalized spacial score (nSPS) is 16.8. The van der Waals surface area contributed by atoms with E-state index < -0.39 is 0 Å². The number of ether oxygens (including phenoxy) is 1. The van der Waals surface area contributed by atoms with Crippen LogP contribution in [0.5, 0.6) is 0 Å². The highest BCUT2D eigenvalue weighted by molar-refractivity contribution is 14.0. The number of nitrogens with two attached hydrogens (primary N) is 1. The van der Waals surface area contributed by atoms with E-state index in [1.807, 2.05) is 0 Å². The van der Waals surface area contributed by atoms with Crippen molar-refractivity contribution in [3.8, 4) is 0 Å². The summed E-state index contributed by atoms with van der Waals surface area (Å²) in [6.07, 6.45) is 0. The van der Waals surface area contributed by atoms with Crippen LogP contribution in [0.4, 0.5) is 0 Å². The van der Waals surface area contributed by atoms with Gasteiger partial charge in [0, 0.05) is 27.8 Å². The molecule has 1 aliphatic heterocycles. The first-order valence-corrected chi connectivity index (χ1v) is 6.78. The van der Waals surface area contributed by atoms with Crippen molar-refractivity contribution in [1.82, 2.24) is 4.90 Å². The maximum Gasteiger partial charge on any atom is 0.191 e. The highest BCUT2D eigenvalue weighted by Crippen LogP contribution is 2.20. The SMILES string of the molecule is I.NC(=NCc1cc(Br)cs1)N1CCOCC1. The first kappa shape index (κ1) is 15.2. The van der Waals surface area contributed by atoms with Crippen molar-refractivity contribution in [3.05, 3.63) is 20.8 Å².